The van der Waals surface area contributed by atoms with Gasteiger partial charge in [0.25, 0.3) is 0 Å². The lowest BCUT2D eigenvalue weighted by molar-refractivity contribution is 0.0919. The summed E-state index contributed by atoms with van der Waals surface area (Å²) in [7, 11) is 1.62. The fraction of sp³-hybridized carbons (Fsp3) is 0.160. The highest BCUT2D eigenvalue weighted by molar-refractivity contribution is 5.70. The van der Waals surface area contributed by atoms with Crippen LogP contribution in [0, 0.1) is 0 Å². The molecule has 6 nitrogen and oxygen atoms in total. The van der Waals surface area contributed by atoms with Gasteiger partial charge in [0.1, 0.15) is 17.6 Å². The summed E-state index contributed by atoms with van der Waals surface area (Å²) in [6, 6.07) is 24.5. The topological polar surface area (TPSA) is 77.4 Å². The van der Waals surface area contributed by atoms with E-state index in [9.17, 15) is 5.11 Å². The van der Waals surface area contributed by atoms with Crippen molar-refractivity contribution in [2.24, 2.45) is 0 Å². The Hall–Kier alpha value is -3.77. The Labute approximate surface area is 181 Å². The van der Waals surface area contributed by atoms with Crippen molar-refractivity contribution in [3.05, 3.63) is 78.9 Å². The van der Waals surface area contributed by atoms with Crippen LogP contribution in [-0.4, -0.2) is 39.9 Å². The van der Waals surface area contributed by atoms with E-state index in [1.54, 1.807) is 25.3 Å². The van der Waals surface area contributed by atoms with E-state index in [0.29, 0.717) is 35.4 Å². The van der Waals surface area contributed by atoms with Crippen LogP contribution in [0.4, 0.5) is 0 Å². The molecule has 31 heavy (non-hydrogen) atoms. The maximum absolute atomic E-state index is 10.7. The van der Waals surface area contributed by atoms with Crippen molar-refractivity contribution in [2.75, 3.05) is 13.7 Å². The highest BCUT2D eigenvalue weighted by atomic mass is 16.5. The van der Waals surface area contributed by atoms with Crippen molar-refractivity contribution in [1.29, 1.82) is 0 Å². The van der Waals surface area contributed by atoms with Gasteiger partial charge in [-0.25, -0.2) is 15.0 Å². The zero-order chi connectivity index (χ0) is 21.6. The normalized spacial score (nSPS) is 11.8. The van der Waals surface area contributed by atoms with Crippen molar-refractivity contribution in [2.45, 2.75) is 13.0 Å². The van der Waals surface area contributed by atoms with Crippen molar-refractivity contribution in [3.8, 4) is 45.7 Å². The average Bonchev–Trinajstić information content (AvgIpc) is 2.80. The van der Waals surface area contributed by atoms with Gasteiger partial charge in [0.15, 0.2) is 17.5 Å². The largest absolute Gasteiger partial charge is 0.507 e. The summed E-state index contributed by atoms with van der Waals surface area (Å²) >= 11 is 0. The Bertz CT molecular complexity index is 1090. The molecule has 0 fully saturated rings. The monoisotopic (exact) mass is 413 g/mol. The lowest BCUT2D eigenvalue weighted by atomic mass is 10.1. The van der Waals surface area contributed by atoms with E-state index in [4.69, 9.17) is 9.47 Å². The van der Waals surface area contributed by atoms with Crippen LogP contribution in [0.2, 0.25) is 0 Å². The second kappa shape index (κ2) is 9.36. The quantitative estimate of drug-likeness (QED) is 0.460. The van der Waals surface area contributed by atoms with E-state index in [2.05, 4.69) is 15.0 Å². The number of benzene rings is 3. The van der Waals surface area contributed by atoms with Gasteiger partial charge in [-0.1, -0.05) is 60.7 Å². The summed E-state index contributed by atoms with van der Waals surface area (Å²) < 4.78 is 10.9. The third-order valence-corrected chi connectivity index (χ3v) is 4.65. The molecule has 4 rings (SSSR count). The van der Waals surface area contributed by atoms with Gasteiger partial charge in [0.05, 0.1) is 12.2 Å². The molecule has 0 aliphatic rings. The molecule has 0 aliphatic heterocycles. The van der Waals surface area contributed by atoms with E-state index < -0.39 is 0 Å². The molecule has 1 heterocycles. The van der Waals surface area contributed by atoms with Gasteiger partial charge in [0.2, 0.25) is 0 Å². The minimum Gasteiger partial charge on any atom is -0.507 e. The van der Waals surface area contributed by atoms with Crippen LogP contribution in [0.1, 0.15) is 6.92 Å². The van der Waals surface area contributed by atoms with Crippen LogP contribution in [0.3, 0.4) is 0 Å². The standard InChI is InChI=1S/C25H23N3O3/c1-17(16-30-2)31-20-13-14-21(22(29)15-20)25-27-23(18-9-5-3-6-10-18)26-24(28-25)19-11-7-4-8-12-19/h3-15,17,29H,16H2,1-2H3. The molecule has 4 aromatic rings. The van der Waals surface area contributed by atoms with Gasteiger partial charge in [-0.2, -0.15) is 0 Å². The predicted octanol–water partition coefficient (Wildman–Crippen LogP) is 4.99. The first kappa shape index (κ1) is 20.5. The zero-order valence-corrected chi connectivity index (χ0v) is 17.4. The van der Waals surface area contributed by atoms with Crippen LogP contribution in [0.25, 0.3) is 34.2 Å². The van der Waals surface area contributed by atoms with E-state index in [-0.39, 0.29) is 11.9 Å². The molecular formula is C25H23N3O3. The molecule has 0 saturated heterocycles. The second-order valence-corrected chi connectivity index (χ2v) is 7.10. The maximum atomic E-state index is 10.7. The molecule has 1 unspecified atom stereocenters. The zero-order valence-electron chi connectivity index (χ0n) is 17.4. The molecule has 0 spiro atoms. The number of phenols is 1. The summed E-state index contributed by atoms with van der Waals surface area (Å²) in [6.45, 7) is 2.36. The first-order valence-corrected chi connectivity index (χ1v) is 10.00. The third kappa shape index (κ3) is 4.87. The summed E-state index contributed by atoms with van der Waals surface area (Å²) in [5, 5.41) is 10.7. The average molecular weight is 413 g/mol. The number of aromatic hydroxyl groups is 1. The molecule has 1 atom stereocenters. The second-order valence-electron chi connectivity index (χ2n) is 7.10. The highest BCUT2D eigenvalue weighted by Crippen LogP contribution is 2.33. The smallest absolute Gasteiger partial charge is 0.167 e. The summed E-state index contributed by atoms with van der Waals surface area (Å²) in [6.07, 6.45) is -0.137. The number of ether oxygens (including phenoxy) is 2. The molecule has 6 heteroatoms. The van der Waals surface area contributed by atoms with Crippen LogP contribution in [-0.2, 0) is 4.74 Å². The first-order valence-electron chi connectivity index (χ1n) is 10.00. The molecule has 3 aromatic carbocycles. The lowest BCUT2D eigenvalue weighted by Crippen LogP contribution is -2.17. The third-order valence-electron chi connectivity index (χ3n) is 4.65. The molecule has 1 aromatic heterocycles. The predicted molar refractivity (Wildman–Crippen MR) is 120 cm³/mol. The van der Waals surface area contributed by atoms with Gasteiger partial charge in [-0.3, -0.25) is 0 Å². The molecule has 0 radical (unpaired) electrons. The van der Waals surface area contributed by atoms with E-state index in [0.717, 1.165) is 11.1 Å². The molecular weight excluding hydrogens is 390 g/mol. The fourth-order valence-electron chi connectivity index (χ4n) is 3.20. The molecule has 1 N–H and O–H groups in total. The lowest BCUT2D eigenvalue weighted by Gasteiger charge is -2.15. The summed E-state index contributed by atoms with van der Waals surface area (Å²) in [5.41, 5.74) is 2.25. The molecule has 0 amide bonds. The fourth-order valence-corrected chi connectivity index (χ4v) is 3.20. The van der Waals surface area contributed by atoms with Gasteiger partial charge < -0.3 is 14.6 Å². The minimum atomic E-state index is -0.137. The van der Waals surface area contributed by atoms with Crippen LogP contribution in [0.15, 0.2) is 78.9 Å². The van der Waals surface area contributed by atoms with Crippen LogP contribution >= 0.6 is 0 Å². The van der Waals surface area contributed by atoms with Crippen molar-refractivity contribution in [3.63, 3.8) is 0 Å². The number of hydrogen-bond acceptors (Lipinski definition) is 6. The molecule has 0 bridgehead atoms. The van der Waals surface area contributed by atoms with Crippen molar-refractivity contribution in [1.82, 2.24) is 15.0 Å². The van der Waals surface area contributed by atoms with Gasteiger partial charge in [-0.05, 0) is 19.1 Å². The van der Waals surface area contributed by atoms with Crippen molar-refractivity contribution < 1.29 is 14.6 Å². The number of aromatic nitrogens is 3. The SMILES string of the molecule is COCC(C)Oc1ccc(-c2nc(-c3ccccc3)nc(-c3ccccc3)n2)c(O)c1. The summed E-state index contributed by atoms with van der Waals surface area (Å²) in [5.74, 6) is 2.05. The van der Waals surface area contributed by atoms with Gasteiger partial charge >= 0.3 is 0 Å². The Kier molecular flexibility index (Phi) is 6.19. The Morgan fingerprint density at radius 1 is 0.774 bits per heavy atom. The number of methoxy groups -OCH3 is 1. The number of hydrogen-bond donors (Lipinski definition) is 1. The van der Waals surface area contributed by atoms with Gasteiger partial charge in [-0.15, -0.1) is 0 Å². The number of rotatable bonds is 7. The van der Waals surface area contributed by atoms with Crippen LogP contribution < -0.4 is 4.74 Å². The van der Waals surface area contributed by atoms with E-state index in [1.807, 2.05) is 67.6 Å². The van der Waals surface area contributed by atoms with Gasteiger partial charge in [0, 0.05) is 24.3 Å². The Morgan fingerprint density at radius 2 is 1.32 bits per heavy atom. The Balaban J connectivity index is 1.77. The Morgan fingerprint density at radius 3 is 1.84 bits per heavy atom. The maximum Gasteiger partial charge on any atom is 0.167 e. The van der Waals surface area contributed by atoms with Crippen molar-refractivity contribution >= 4 is 0 Å². The van der Waals surface area contributed by atoms with Crippen LogP contribution in [0.5, 0.6) is 11.5 Å². The number of nitrogens with zero attached hydrogens (tertiary/aromatic N) is 3. The number of phenolic OH excluding ortho intramolecular Hbond substituents is 1. The summed E-state index contributed by atoms with van der Waals surface area (Å²) in [4.78, 5) is 13.9. The minimum absolute atomic E-state index is 0.0336. The highest BCUT2D eigenvalue weighted by Gasteiger charge is 2.15. The molecule has 0 saturated carbocycles. The van der Waals surface area contributed by atoms with E-state index in [1.165, 1.54) is 0 Å². The molecule has 0 aliphatic carbocycles. The van der Waals surface area contributed by atoms with E-state index >= 15 is 0 Å². The molecule has 156 valence electrons. The first-order chi connectivity index (χ1) is 15.1.